The monoisotopic (exact) mass is 282 g/mol. The fourth-order valence-electron chi connectivity index (χ4n) is 0.641. The molecule has 0 aliphatic carbocycles. The molecule has 0 amide bonds. The summed E-state index contributed by atoms with van der Waals surface area (Å²) in [5.74, 6) is 5.93. The third kappa shape index (κ3) is 10.3. The first-order chi connectivity index (χ1) is 5.27. The van der Waals surface area contributed by atoms with Gasteiger partial charge in [-0.15, -0.1) is 0 Å². The molecule has 2 heteroatoms. The molecule has 0 bridgehead atoms. The van der Waals surface area contributed by atoms with Crippen LogP contribution in [0, 0.1) is 11.8 Å². The van der Waals surface area contributed by atoms with Crippen LogP contribution in [-0.2, 0) is 0 Å². The summed E-state index contributed by atoms with van der Waals surface area (Å²) in [5, 5.41) is 0. The molecular formula is C9H12ClI. The van der Waals surface area contributed by atoms with E-state index in [2.05, 4.69) is 18.8 Å². The van der Waals surface area contributed by atoms with Crippen molar-refractivity contribution in [3.63, 3.8) is 0 Å². The number of allylic oxidation sites excluding steroid dienone is 1. The van der Waals surface area contributed by atoms with Gasteiger partial charge in [0.1, 0.15) is 0 Å². The molecule has 0 aliphatic heterocycles. The zero-order valence-electron chi connectivity index (χ0n) is 6.66. The first-order valence-electron chi connectivity index (χ1n) is 3.77. The van der Waals surface area contributed by atoms with Crippen LogP contribution in [0.25, 0.3) is 0 Å². The topological polar surface area (TPSA) is 0 Å². The quantitative estimate of drug-likeness (QED) is 0.415. The Bertz CT molecular complexity index is 170. The summed E-state index contributed by atoms with van der Waals surface area (Å²) in [5.41, 5.74) is 0. The van der Waals surface area contributed by atoms with Crippen LogP contribution < -0.4 is 0 Å². The number of hydrogen-bond acceptors (Lipinski definition) is 0. The van der Waals surface area contributed by atoms with Gasteiger partial charge in [-0.2, -0.15) is 0 Å². The van der Waals surface area contributed by atoms with Crippen molar-refractivity contribution in [3.8, 4) is 11.8 Å². The van der Waals surface area contributed by atoms with Crippen molar-refractivity contribution in [2.45, 2.75) is 32.6 Å². The van der Waals surface area contributed by atoms with Crippen molar-refractivity contribution < 1.29 is 0 Å². The van der Waals surface area contributed by atoms with E-state index in [1.54, 1.807) is 6.08 Å². The lowest BCUT2D eigenvalue weighted by Gasteiger charge is -1.87. The van der Waals surface area contributed by atoms with E-state index >= 15 is 0 Å². The molecule has 0 saturated carbocycles. The van der Waals surface area contributed by atoms with Crippen molar-refractivity contribution in [1.29, 1.82) is 0 Å². The highest BCUT2D eigenvalue weighted by atomic mass is 127. The van der Waals surface area contributed by atoms with Crippen molar-refractivity contribution in [3.05, 3.63) is 9.12 Å². The zero-order valence-corrected chi connectivity index (χ0v) is 9.58. The van der Waals surface area contributed by atoms with Crippen molar-refractivity contribution >= 4 is 34.2 Å². The van der Waals surface area contributed by atoms with Crippen LogP contribution in [-0.4, -0.2) is 0 Å². The smallest absolute Gasteiger partial charge is 0.0872 e. The minimum absolute atomic E-state index is 0.727. The number of rotatable bonds is 3. The summed E-state index contributed by atoms with van der Waals surface area (Å²) in [6, 6.07) is 0. The Labute approximate surface area is 87.5 Å². The number of halogens is 2. The van der Waals surface area contributed by atoms with Crippen LogP contribution in [0.2, 0.25) is 0 Å². The van der Waals surface area contributed by atoms with Gasteiger partial charge in [-0.25, -0.2) is 0 Å². The van der Waals surface area contributed by atoms with Gasteiger partial charge in [0.25, 0.3) is 0 Å². The third-order valence-corrected chi connectivity index (χ3v) is 1.61. The minimum Gasteiger partial charge on any atom is -0.0985 e. The van der Waals surface area contributed by atoms with E-state index in [1.165, 1.54) is 19.3 Å². The molecule has 0 aromatic rings. The molecule has 0 aromatic carbocycles. The highest BCUT2D eigenvalue weighted by molar-refractivity contribution is 14.1. The second-order valence-electron chi connectivity index (χ2n) is 2.21. The normalized spacial score (nSPS) is 10.6. The summed E-state index contributed by atoms with van der Waals surface area (Å²) < 4.78 is 0.727. The van der Waals surface area contributed by atoms with Gasteiger partial charge in [0.2, 0.25) is 0 Å². The molecule has 0 saturated heterocycles. The average Bonchev–Trinajstić information content (AvgIpc) is 1.96. The highest BCUT2D eigenvalue weighted by Crippen LogP contribution is 2.08. The van der Waals surface area contributed by atoms with Gasteiger partial charge in [-0.3, -0.25) is 0 Å². The predicted octanol–water partition coefficient (Wildman–Crippen LogP) is 4.09. The maximum absolute atomic E-state index is 5.56. The molecule has 0 N–H and O–H groups in total. The molecule has 0 rings (SSSR count). The van der Waals surface area contributed by atoms with Gasteiger partial charge in [0.05, 0.1) is 3.04 Å². The second-order valence-corrected chi connectivity index (χ2v) is 4.42. The Morgan fingerprint density at radius 1 is 1.55 bits per heavy atom. The summed E-state index contributed by atoms with van der Waals surface area (Å²) in [4.78, 5) is 0. The average molecular weight is 283 g/mol. The molecule has 0 spiro atoms. The van der Waals surface area contributed by atoms with E-state index in [0.29, 0.717) is 0 Å². The lowest BCUT2D eigenvalue weighted by atomic mass is 10.2. The largest absolute Gasteiger partial charge is 0.0985 e. The Morgan fingerprint density at radius 3 is 2.82 bits per heavy atom. The van der Waals surface area contributed by atoms with E-state index < -0.39 is 0 Å². The van der Waals surface area contributed by atoms with Crippen LogP contribution in [0.1, 0.15) is 32.6 Å². The molecule has 0 aromatic heterocycles. The molecule has 0 fully saturated rings. The van der Waals surface area contributed by atoms with Crippen LogP contribution in [0.3, 0.4) is 0 Å². The zero-order chi connectivity index (χ0) is 8.53. The molecule has 0 nitrogen and oxygen atoms in total. The van der Waals surface area contributed by atoms with Crippen LogP contribution in [0.4, 0.5) is 0 Å². The van der Waals surface area contributed by atoms with Crippen LogP contribution in [0.5, 0.6) is 0 Å². The molecule has 0 unspecified atom stereocenters. The number of hydrogen-bond donors (Lipinski definition) is 0. The molecule has 0 atom stereocenters. The van der Waals surface area contributed by atoms with Crippen molar-refractivity contribution in [1.82, 2.24) is 0 Å². The number of unbranched alkanes of at least 4 members (excludes halogenated alkanes) is 3. The molecule has 0 heterocycles. The van der Waals surface area contributed by atoms with Crippen molar-refractivity contribution in [2.24, 2.45) is 0 Å². The van der Waals surface area contributed by atoms with Gasteiger partial charge < -0.3 is 0 Å². The first kappa shape index (κ1) is 11.3. The highest BCUT2D eigenvalue weighted by Gasteiger charge is 1.80. The summed E-state index contributed by atoms with van der Waals surface area (Å²) in [7, 11) is 0. The van der Waals surface area contributed by atoms with Gasteiger partial charge in [0.15, 0.2) is 0 Å². The Balaban J connectivity index is 3.34. The fourth-order valence-corrected chi connectivity index (χ4v) is 0.851. The van der Waals surface area contributed by atoms with E-state index in [0.717, 1.165) is 9.46 Å². The van der Waals surface area contributed by atoms with Crippen LogP contribution >= 0.6 is 34.2 Å². The first-order valence-corrected chi connectivity index (χ1v) is 5.22. The third-order valence-electron chi connectivity index (χ3n) is 1.19. The molecule has 0 radical (unpaired) electrons. The van der Waals surface area contributed by atoms with Gasteiger partial charge >= 0.3 is 0 Å². The van der Waals surface area contributed by atoms with Gasteiger partial charge in [-0.05, 0) is 29.0 Å². The molecular weight excluding hydrogens is 270 g/mol. The van der Waals surface area contributed by atoms with E-state index in [4.69, 9.17) is 11.6 Å². The van der Waals surface area contributed by atoms with Gasteiger partial charge in [0, 0.05) is 12.5 Å². The Morgan fingerprint density at radius 2 is 2.27 bits per heavy atom. The lowest BCUT2D eigenvalue weighted by molar-refractivity contribution is 0.737. The molecule has 62 valence electrons. The molecule has 0 aliphatic rings. The van der Waals surface area contributed by atoms with E-state index in [1.807, 2.05) is 22.6 Å². The summed E-state index contributed by atoms with van der Waals surface area (Å²) in [6.07, 6.45) is 6.45. The standard InChI is InChI=1S/C9H12ClI/c1-2-3-4-5-6-7-8-9(10)11/h8H,2-5H2,1H3/b9-8-. The van der Waals surface area contributed by atoms with Gasteiger partial charge in [-0.1, -0.05) is 43.2 Å². The predicted molar refractivity (Wildman–Crippen MR) is 59.9 cm³/mol. The summed E-state index contributed by atoms with van der Waals surface area (Å²) >= 11 is 7.60. The Kier molecular flexibility index (Phi) is 8.66. The SMILES string of the molecule is CCCCCC#C/C=C(/Cl)I. The second kappa shape index (κ2) is 8.42. The lowest BCUT2D eigenvalue weighted by Crippen LogP contribution is -1.70. The van der Waals surface area contributed by atoms with E-state index in [9.17, 15) is 0 Å². The summed E-state index contributed by atoms with van der Waals surface area (Å²) in [6.45, 7) is 2.19. The van der Waals surface area contributed by atoms with Crippen LogP contribution in [0.15, 0.2) is 9.12 Å². The van der Waals surface area contributed by atoms with E-state index in [-0.39, 0.29) is 0 Å². The maximum atomic E-state index is 5.56. The van der Waals surface area contributed by atoms with Crippen molar-refractivity contribution in [2.75, 3.05) is 0 Å². The maximum Gasteiger partial charge on any atom is 0.0872 e. The Hall–Kier alpha value is 0.320. The molecule has 11 heavy (non-hydrogen) atoms. The fraction of sp³-hybridized carbons (Fsp3) is 0.556. The minimum atomic E-state index is 0.727.